The first-order valence-electron chi connectivity index (χ1n) is 9.66. The number of anilines is 1. The fraction of sp³-hybridized carbons (Fsp3) is 0.429. The first-order valence-corrected chi connectivity index (χ1v) is 9.66. The zero-order chi connectivity index (χ0) is 20.1. The van der Waals surface area contributed by atoms with Crippen LogP contribution in [-0.2, 0) is 9.53 Å². The molecule has 0 spiro atoms. The van der Waals surface area contributed by atoms with E-state index < -0.39 is 11.5 Å². The van der Waals surface area contributed by atoms with E-state index in [0.717, 1.165) is 35.9 Å². The minimum atomic E-state index is -0.681. The molecule has 3 rings (SSSR count). The molecule has 1 fully saturated rings. The van der Waals surface area contributed by atoms with Crippen molar-refractivity contribution in [1.29, 1.82) is 0 Å². The van der Waals surface area contributed by atoms with Crippen LogP contribution in [0.25, 0.3) is 5.69 Å². The molecule has 28 heavy (non-hydrogen) atoms. The quantitative estimate of drug-likeness (QED) is 0.774. The van der Waals surface area contributed by atoms with Gasteiger partial charge in [-0.3, -0.25) is 9.59 Å². The summed E-state index contributed by atoms with van der Waals surface area (Å²) in [5.41, 5.74) is 1.15. The normalized spacial score (nSPS) is 14.1. The Bertz CT molecular complexity index is 912. The van der Waals surface area contributed by atoms with E-state index in [9.17, 15) is 14.4 Å². The van der Waals surface area contributed by atoms with Crippen LogP contribution in [0.2, 0.25) is 0 Å². The van der Waals surface area contributed by atoms with Gasteiger partial charge < -0.3 is 10.1 Å². The SMILES string of the molecule is CCOC(=O)c1nn(-c2ccc(C)cc2)c(=O)cc1NC(=O)CC1CCCC1. The highest BCUT2D eigenvalue weighted by atomic mass is 16.5. The number of hydrogen-bond donors (Lipinski definition) is 1. The minimum Gasteiger partial charge on any atom is -0.461 e. The summed E-state index contributed by atoms with van der Waals surface area (Å²) < 4.78 is 6.20. The van der Waals surface area contributed by atoms with Crippen molar-refractivity contribution in [1.82, 2.24) is 9.78 Å². The lowest BCUT2D eigenvalue weighted by atomic mass is 10.0. The molecule has 148 valence electrons. The molecule has 7 nitrogen and oxygen atoms in total. The van der Waals surface area contributed by atoms with Gasteiger partial charge in [0, 0.05) is 12.5 Å². The second-order valence-corrected chi connectivity index (χ2v) is 7.12. The average molecular weight is 383 g/mol. The van der Waals surface area contributed by atoms with Gasteiger partial charge in [0.2, 0.25) is 5.91 Å². The number of carbonyl (C=O) groups is 2. The topological polar surface area (TPSA) is 90.3 Å². The summed E-state index contributed by atoms with van der Waals surface area (Å²) in [5.74, 6) is -0.543. The third kappa shape index (κ3) is 4.65. The van der Waals surface area contributed by atoms with Crippen molar-refractivity contribution in [3.63, 3.8) is 0 Å². The Labute approximate surface area is 163 Å². The van der Waals surface area contributed by atoms with Crippen molar-refractivity contribution in [3.05, 3.63) is 51.9 Å². The Hall–Kier alpha value is -2.96. The summed E-state index contributed by atoms with van der Waals surface area (Å²) in [6.45, 7) is 3.79. The molecule has 2 aromatic rings. The molecule has 1 amide bonds. The second-order valence-electron chi connectivity index (χ2n) is 7.12. The highest BCUT2D eigenvalue weighted by Gasteiger charge is 2.22. The van der Waals surface area contributed by atoms with Crippen LogP contribution >= 0.6 is 0 Å². The third-order valence-corrected chi connectivity index (χ3v) is 4.90. The summed E-state index contributed by atoms with van der Waals surface area (Å²) in [6, 6.07) is 8.43. The molecule has 1 heterocycles. The summed E-state index contributed by atoms with van der Waals surface area (Å²) >= 11 is 0. The van der Waals surface area contributed by atoms with Crippen LogP contribution in [0.15, 0.2) is 35.1 Å². The Morgan fingerprint density at radius 2 is 1.89 bits per heavy atom. The Morgan fingerprint density at radius 1 is 1.21 bits per heavy atom. The molecule has 1 N–H and O–H groups in total. The minimum absolute atomic E-state index is 0.0817. The number of ether oxygens (including phenoxy) is 1. The van der Waals surface area contributed by atoms with Crippen LogP contribution in [0.1, 0.15) is 55.1 Å². The molecule has 0 radical (unpaired) electrons. The molecule has 1 saturated carbocycles. The molecule has 0 aliphatic heterocycles. The fourth-order valence-electron chi connectivity index (χ4n) is 3.45. The van der Waals surface area contributed by atoms with Gasteiger partial charge in [0.05, 0.1) is 18.0 Å². The number of amides is 1. The summed E-state index contributed by atoms with van der Waals surface area (Å²) in [4.78, 5) is 37.4. The van der Waals surface area contributed by atoms with Crippen LogP contribution in [-0.4, -0.2) is 28.3 Å². The summed E-state index contributed by atoms with van der Waals surface area (Å²) in [6.07, 6.45) is 4.72. The van der Waals surface area contributed by atoms with Gasteiger partial charge in [0.1, 0.15) is 0 Å². The molecule has 7 heteroatoms. The predicted molar refractivity (Wildman–Crippen MR) is 106 cm³/mol. The van der Waals surface area contributed by atoms with Gasteiger partial charge in [-0.15, -0.1) is 0 Å². The molecular weight excluding hydrogens is 358 g/mol. The molecule has 0 bridgehead atoms. The molecule has 1 aromatic carbocycles. The van der Waals surface area contributed by atoms with Crippen molar-refractivity contribution < 1.29 is 14.3 Å². The van der Waals surface area contributed by atoms with E-state index in [1.165, 1.54) is 6.07 Å². The lowest BCUT2D eigenvalue weighted by molar-refractivity contribution is -0.117. The van der Waals surface area contributed by atoms with Gasteiger partial charge in [-0.1, -0.05) is 30.5 Å². The van der Waals surface area contributed by atoms with Gasteiger partial charge in [0.25, 0.3) is 5.56 Å². The van der Waals surface area contributed by atoms with Gasteiger partial charge in [0.15, 0.2) is 5.69 Å². The lowest BCUT2D eigenvalue weighted by Crippen LogP contribution is -2.27. The predicted octanol–water partition coefficient (Wildman–Crippen LogP) is 3.24. The third-order valence-electron chi connectivity index (χ3n) is 4.90. The smallest absolute Gasteiger partial charge is 0.360 e. The Kier molecular flexibility index (Phi) is 6.23. The number of rotatable bonds is 6. The number of nitrogens with zero attached hydrogens (tertiary/aromatic N) is 2. The van der Waals surface area contributed by atoms with Gasteiger partial charge >= 0.3 is 5.97 Å². The van der Waals surface area contributed by atoms with E-state index in [2.05, 4.69) is 10.4 Å². The van der Waals surface area contributed by atoms with Gasteiger partial charge in [-0.05, 0) is 44.7 Å². The highest BCUT2D eigenvalue weighted by Crippen LogP contribution is 2.28. The molecule has 0 atom stereocenters. The first kappa shape index (κ1) is 19.8. The molecule has 1 aromatic heterocycles. The zero-order valence-electron chi connectivity index (χ0n) is 16.2. The summed E-state index contributed by atoms with van der Waals surface area (Å²) in [5, 5.41) is 6.88. The number of aryl methyl sites for hydroxylation is 1. The van der Waals surface area contributed by atoms with E-state index in [4.69, 9.17) is 4.74 Å². The number of esters is 1. The van der Waals surface area contributed by atoms with E-state index in [-0.39, 0.29) is 23.9 Å². The second kappa shape index (κ2) is 8.82. The van der Waals surface area contributed by atoms with E-state index in [1.54, 1.807) is 19.1 Å². The fourth-order valence-corrected chi connectivity index (χ4v) is 3.45. The number of aromatic nitrogens is 2. The number of benzene rings is 1. The molecule has 0 saturated heterocycles. The molecular formula is C21H25N3O4. The summed E-state index contributed by atoms with van der Waals surface area (Å²) in [7, 11) is 0. The lowest BCUT2D eigenvalue weighted by Gasteiger charge is -2.14. The maximum Gasteiger partial charge on any atom is 0.360 e. The molecule has 1 aliphatic rings. The van der Waals surface area contributed by atoms with Gasteiger partial charge in [-0.25, -0.2) is 4.79 Å². The van der Waals surface area contributed by atoms with E-state index in [0.29, 0.717) is 18.0 Å². The first-order chi connectivity index (χ1) is 13.5. The van der Waals surface area contributed by atoms with Crippen molar-refractivity contribution in [2.75, 3.05) is 11.9 Å². The average Bonchev–Trinajstić information content (AvgIpc) is 3.16. The van der Waals surface area contributed by atoms with E-state index >= 15 is 0 Å². The number of carbonyl (C=O) groups excluding carboxylic acids is 2. The van der Waals surface area contributed by atoms with Crippen molar-refractivity contribution in [3.8, 4) is 5.69 Å². The van der Waals surface area contributed by atoms with E-state index in [1.807, 2.05) is 19.1 Å². The monoisotopic (exact) mass is 383 g/mol. The largest absolute Gasteiger partial charge is 0.461 e. The van der Waals surface area contributed by atoms with Gasteiger partial charge in [-0.2, -0.15) is 9.78 Å². The Morgan fingerprint density at radius 3 is 2.54 bits per heavy atom. The van der Waals surface area contributed by atoms with Crippen molar-refractivity contribution in [2.45, 2.75) is 46.0 Å². The molecule has 1 aliphatic carbocycles. The zero-order valence-corrected chi connectivity index (χ0v) is 16.2. The van der Waals surface area contributed by atoms with Crippen molar-refractivity contribution in [2.24, 2.45) is 5.92 Å². The van der Waals surface area contributed by atoms with Crippen molar-refractivity contribution >= 4 is 17.6 Å². The number of nitrogens with one attached hydrogen (secondary N) is 1. The Balaban J connectivity index is 1.92. The number of hydrogen-bond acceptors (Lipinski definition) is 5. The maximum absolute atomic E-state index is 12.6. The maximum atomic E-state index is 12.6. The highest BCUT2D eigenvalue weighted by molar-refractivity contribution is 5.99. The van der Waals surface area contributed by atoms with Crippen LogP contribution < -0.4 is 10.9 Å². The van der Waals surface area contributed by atoms with Crippen LogP contribution in [0.5, 0.6) is 0 Å². The van der Waals surface area contributed by atoms with Crippen LogP contribution in [0, 0.1) is 12.8 Å². The standard InChI is InChI=1S/C21H25N3O4/c1-3-28-21(27)20-17(22-18(25)12-15-6-4-5-7-15)13-19(26)24(23-20)16-10-8-14(2)9-11-16/h8-11,13,15H,3-7,12H2,1-2H3,(H,22,25). The molecule has 0 unspecified atom stereocenters. The van der Waals surface area contributed by atoms with Crippen LogP contribution in [0.4, 0.5) is 5.69 Å². The van der Waals surface area contributed by atoms with Crippen LogP contribution in [0.3, 0.4) is 0 Å².